The third-order valence-electron chi connectivity index (χ3n) is 4.39. The number of anilines is 1. The molecule has 2 aromatic rings. The molecule has 2 nitrogen and oxygen atoms in total. The fraction of sp³-hybridized carbons (Fsp3) is 0.400. The lowest BCUT2D eigenvalue weighted by Crippen LogP contribution is -3.00. The van der Waals surface area contributed by atoms with Crippen molar-refractivity contribution in [1.29, 1.82) is 0 Å². The molecule has 0 saturated heterocycles. The second-order valence-electron chi connectivity index (χ2n) is 6.17. The summed E-state index contributed by atoms with van der Waals surface area (Å²) < 4.78 is 0. The molecule has 130 valence electrons. The van der Waals surface area contributed by atoms with Crippen LogP contribution in [0.4, 0.5) is 17.1 Å². The first-order valence-corrected chi connectivity index (χ1v) is 9.64. The van der Waals surface area contributed by atoms with Crippen LogP contribution in [0.2, 0.25) is 0 Å². The highest BCUT2D eigenvalue weighted by Crippen LogP contribution is 2.42. The van der Waals surface area contributed by atoms with Gasteiger partial charge in [-0.1, -0.05) is 56.7 Å². The molecule has 0 amide bonds. The van der Waals surface area contributed by atoms with E-state index in [-0.39, 0.29) is 24.0 Å². The molecule has 0 unspecified atom stereocenters. The molecule has 0 bridgehead atoms. The van der Waals surface area contributed by atoms with Gasteiger partial charge in [-0.15, -0.1) is 0 Å². The molecule has 3 rings (SSSR count). The number of para-hydroxylation sites is 2. The number of unbranched alkanes of at least 4 members (excludes halogenated alkanes) is 2. The van der Waals surface area contributed by atoms with Crippen LogP contribution in [0.1, 0.15) is 39.5 Å². The number of quaternary nitrogens is 1. The molecule has 1 aliphatic heterocycles. The first-order valence-electron chi connectivity index (χ1n) is 8.83. The van der Waals surface area contributed by atoms with E-state index in [9.17, 15) is 0 Å². The third kappa shape index (κ3) is 4.46. The summed E-state index contributed by atoms with van der Waals surface area (Å²) in [5.41, 5.74) is 4.16. The van der Waals surface area contributed by atoms with Crippen molar-refractivity contribution in [3.8, 4) is 0 Å². The van der Waals surface area contributed by atoms with Crippen LogP contribution in [0.15, 0.2) is 52.3 Å². The van der Waals surface area contributed by atoms with Gasteiger partial charge in [0, 0.05) is 19.2 Å². The largest absolute Gasteiger partial charge is 1.00 e. The molecule has 2 N–H and O–H groups in total. The summed E-state index contributed by atoms with van der Waals surface area (Å²) in [5, 5.41) is 2.38. The van der Waals surface area contributed by atoms with Crippen LogP contribution in [0.3, 0.4) is 0 Å². The molecule has 0 aliphatic carbocycles. The molecule has 24 heavy (non-hydrogen) atoms. The summed E-state index contributed by atoms with van der Waals surface area (Å²) in [6.45, 7) is 6.87. The van der Waals surface area contributed by atoms with E-state index in [1.807, 2.05) is 11.8 Å². The fourth-order valence-electron chi connectivity index (χ4n) is 3.06. The topological polar surface area (TPSA) is 19.9 Å². The van der Waals surface area contributed by atoms with Gasteiger partial charge in [0.1, 0.15) is 11.4 Å². The maximum Gasteiger partial charge on any atom is 0.172 e. The molecular weight excluding hydrogens is 427 g/mol. The molecule has 2 aromatic carbocycles. The molecule has 1 aliphatic rings. The van der Waals surface area contributed by atoms with E-state index >= 15 is 0 Å². The average Bonchev–Trinajstić information content (AvgIpc) is 2.60. The Hall–Kier alpha value is -0.720. The average molecular weight is 454 g/mol. The number of nitrogens with two attached hydrogens (primary N) is 1. The minimum atomic E-state index is 0. The van der Waals surface area contributed by atoms with E-state index in [2.05, 4.69) is 66.5 Å². The van der Waals surface area contributed by atoms with Crippen molar-refractivity contribution in [3.63, 3.8) is 0 Å². The van der Waals surface area contributed by atoms with Crippen molar-refractivity contribution in [1.82, 2.24) is 0 Å². The predicted molar refractivity (Wildman–Crippen MR) is 100 cm³/mol. The highest BCUT2D eigenvalue weighted by atomic mass is 127. The van der Waals surface area contributed by atoms with Gasteiger partial charge in [-0.3, -0.25) is 5.32 Å². The Bertz CT molecular complexity index is 652. The van der Waals surface area contributed by atoms with Crippen molar-refractivity contribution >= 4 is 28.8 Å². The second kappa shape index (κ2) is 9.68. The molecule has 0 aromatic heterocycles. The summed E-state index contributed by atoms with van der Waals surface area (Å²) >= 11 is 1.90. The number of hydrogen-bond donors (Lipinski definition) is 1. The van der Waals surface area contributed by atoms with Crippen molar-refractivity contribution in [2.24, 2.45) is 0 Å². The Morgan fingerprint density at radius 2 is 1.54 bits per heavy atom. The van der Waals surface area contributed by atoms with E-state index in [4.69, 9.17) is 0 Å². The molecule has 1 heterocycles. The van der Waals surface area contributed by atoms with Gasteiger partial charge in [0.2, 0.25) is 0 Å². The zero-order valence-corrected chi connectivity index (χ0v) is 17.6. The lowest BCUT2D eigenvalue weighted by atomic mass is 10.2. The Balaban J connectivity index is 0.00000208. The highest BCUT2D eigenvalue weighted by Gasteiger charge is 2.24. The van der Waals surface area contributed by atoms with Gasteiger partial charge in [0.15, 0.2) is 5.69 Å². The summed E-state index contributed by atoms with van der Waals surface area (Å²) in [7, 11) is 0. The lowest BCUT2D eigenvalue weighted by molar-refractivity contribution is -0.484. The van der Waals surface area contributed by atoms with Gasteiger partial charge in [-0.25, -0.2) is 0 Å². The maximum atomic E-state index is 2.59. The number of hydrogen-bond acceptors (Lipinski definition) is 2. The van der Waals surface area contributed by atoms with Crippen molar-refractivity contribution < 1.29 is 29.3 Å². The Labute approximate surface area is 167 Å². The molecule has 0 atom stereocenters. The first kappa shape index (κ1) is 19.6. The SMILES string of the molecule is CCCCN(CCCC)c1cccc2c1[NH2+]c1ccccc1S2.[I-]. The van der Waals surface area contributed by atoms with Crippen molar-refractivity contribution in [3.05, 3.63) is 42.5 Å². The van der Waals surface area contributed by atoms with E-state index in [0.717, 1.165) is 13.1 Å². The summed E-state index contributed by atoms with van der Waals surface area (Å²) in [5.74, 6) is 0. The second-order valence-corrected chi connectivity index (χ2v) is 7.25. The number of fused-ring (bicyclic) bond motifs is 2. The quantitative estimate of drug-likeness (QED) is 0.436. The maximum absolute atomic E-state index is 2.59. The Morgan fingerprint density at radius 1 is 0.875 bits per heavy atom. The van der Waals surface area contributed by atoms with Gasteiger partial charge < -0.3 is 28.9 Å². The zero-order valence-electron chi connectivity index (χ0n) is 14.6. The normalized spacial score (nSPS) is 12.1. The summed E-state index contributed by atoms with van der Waals surface area (Å²) in [6.07, 6.45) is 5.02. The van der Waals surface area contributed by atoms with E-state index in [1.54, 1.807) is 0 Å². The minimum absolute atomic E-state index is 0. The summed E-state index contributed by atoms with van der Waals surface area (Å²) in [6, 6.07) is 15.5. The van der Waals surface area contributed by atoms with Gasteiger partial charge in [0.05, 0.1) is 9.79 Å². The monoisotopic (exact) mass is 454 g/mol. The van der Waals surface area contributed by atoms with Crippen LogP contribution in [0.25, 0.3) is 0 Å². The predicted octanol–water partition coefficient (Wildman–Crippen LogP) is 2.09. The number of nitrogens with zero attached hydrogens (tertiary/aromatic N) is 1. The fourth-order valence-corrected chi connectivity index (χ4v) is 4.11. The van der Waals surface area contributed by atoms with E-state index in [0.29, 0.717) is 0 Å². The lowest BCUT2D eigenvalue weighted by Gasteiger charge is -2.28. The standard InChI is InChI=1S/C20H26N2S.HI/c1-3-5-14-22(15-6-4-2)17-11-9-13-19-20(17)21-16-10-7-8-12-18(16)23-19;/h7-13,21H,3-6,14-15H2,1-2H3;1H. The van der Waals surface area contributed by atoms with Crippen LogP contribution >= 0.6 is 11.8 Å². The molecule has 0 fully saturated rings. The van der Waals surface area contributed by atoms with Gasteiger partial charge >= 0.3 is 0 Å². The van der Waals surface area contributed by atoms with Gasteiger partial charge in [0.25, 0.3) is 0 Å². The summed E-state index contributed by atoms with van der Waals surface area (Å²) in [4.78, 5) is 5.35. The van der Waals surface area contributed by atoms with Crippen molar-refractivity contribution in [2.45, 2.75) is 49.3 Å². The molecule has 0 spiro atoms. The third-order valence-corrected chi connectivity index (χ3v) is 5.55. The first-order chi connectivity index (χ1) is 11.3. The van der Waals surface area contributed by atoms with Crippen LogP contribution in [0, 0.1) is 0 Å². The van der Waals surface area contributed by atoms with Crippen LogP contribution < -0.4 is 34.2 Å². The highest BCUT2D eigenvalue weighted by molar-refractivity contribution is 7.99. The Kier molecular flexibility index (Phi) is 7.91. The molecular formula is C20H27IN2S. The molecule has 0 saturated carbocycles. The van der Waals surface area contributed by atoms with Gasteiger partial charge in [-0.05, 0) is 31.0 Å². The van der Waals surface area contributed by atoms with E-state index in [1.165, 1.54) is 52.5 Å². The van der Waals surface area contributed by atoms with Crippen LogP contribution in [-0.2, 0) is 0 Å². The van der Waals surface area contributed by atoms with E-state index < -0.39 is 0 Å². The zero-order chi connectivity index (χ0) is 16.1. The van der Waals surface area contributed by atoms with Crippen LogP contribution in [-0.4, -0.2) is 13.1 Å². The van der Waals surface area contributed by atoms with Crippen molar-refractivity contribution in [2.75, 3.05) is 18.0 Å². The number of halogens is 1. The Morgan fingerprint density at radius 3 is 2.25 bits per heavy atom. The van der Waals surface area contributed by atoms with Crippen LogP contribution in [0.5, 0.6) is 0 Å². The number of rotatable bonds is 7. The minimum Gasteiger partial charge on any atom is -1.00 e. The molecule has 4 heteroatoms. The number of benzene rings is 2. The smallest absolute Gasteiger partial charge is 0.172 e. The molecule has 0 radical (unpaired) electrons. The van der Waals surface area contributed by atoms with Gasteiger partial charge in [-0.2, -0.15) is 0 Å².